The third-order valence-corrected chi connectivity index (χ3v) is 4.26. The van der Waals surface area contributed by atoms with Crippen LogP contribution in [0.25, 0.3) is 0 Å². The summed E-state index contributed by atoms with van der Waals surface area (Å²) in [5.74, 6) is -1.74. The lowest BCUT2D eigenvalue weighted by Crippen LogP contribution is -2.27. The van der Waals surface area contributed by atoms with Crippen LogP contribution < -0.4 is 4.72 Å². The molecule has 2 N–H and O–H groups in total. The summed E-state index contributed by atoms with van der Waals surface area (Å²) in [7, 11) is -2.67. The number of hydrogen-bond acceptors (Lipinski definition) is 5. The number of benzene rings is 1. The lowest BCUT2D eigenvalue weighted by Gasteiger charge is -2.10. The summed E-state index contributed by atoms with van der Waals surface area (Å²) >= 11 is 0. The van der Waals surface area contributed by atoms with Crippen LogP contribution in [0, 0.1) is 6.92 Å². The van der Waals surface area contributed by atoms with Crippen LogP contribution in [0.2, 0.25) is 0 Å². The lowest BCUT2D eigenvalue weighted by atomic mass is 10.1. The van der Waals surface area contributed by atoms with Crippen LogP contribution in [-0.4, -0.2) is 39.1 Å². The fourth-order valence-electron chi connectivity index (χ4n) is 1.60. The first-order valence-electron chi connectivity index (χ1n) is 5.69. The van der Waals surface area contributed by atoms with Gasteiger partial charge in [0.15, 0.2) is 0 Å². The number of esters is 1. The molecule has 0 fully saturated rings. The van der Waals surface area contributed by atoms with Crippen molar-refractivity contribution >= 4 is 22.0 Å². The van der Waals surface area contributed by atoms with Gasteiger partial charge in [-0.2, -0.15) is 0 Å². The Morgan fingerprint density at radius 2 is 2.00 bits per heavy atom. The maximum Gasteiger partial charge on any atom is 0.335 e. The van der Waals surface area contributed by atoms with Crippen molar-refractivity contribution in [3.05, 3.63) is 29.3 Å². The zero-order chi connectivity index (χ0) is 15.3. The maximum atomic E-state index is 12.0. The summed E-state index contributed by atoms with van der Waals surface area (Å²) in [5, 5.41) is 8.96. The first-order valence-corrected chi connectivity index (χ1v) is 7.17. The summed E-state index contributed by atoms with van der Waals surface area (Å²) in [6.07, 6.45) is -0.104. The fraction of sp³-hybridized carbons (Fsp3) is 0.333. The molecule has 0 radical (unpaired) electrons. The van der Waals surface area contributed by atoms with E-state index in [4.69, 9.17) is 5.11 Å². The molecule has 0 aromatic heterocycles. The van der Waals surface area contributed by atoms with Gasteiger partial charge in [0.1, 0.15) is 0 Å². The fourth-order valence-corrected chi connectivity index (χ4v) is 2.90. The van der Waals surface area contributed by atoms with Crippen LogP contribution in [0.15, 0.2) is 23.1 Å². The highest BCUT2D eigenvalue weighted by molar-refractivity contribution is 7.89. The van der Waals surface area contributed by atoms with Gasteiger partial charge in [0.2, 0.25) is 10.0 Å². The molecule has 0 saturated carbocycles. The molecule has 1 aromatic rings. The highest BCUT2D eigenvalue weighted by Gasteiger charge is 2.20. The van der Waals surface area contributed by atoms with Crippen LogP contribution >= 0.6 is 0 Å². The minimum absolute atomic E-state index is 0.0826. The number of rotatable bonds is 6. The topological polar surface area (TPSA) is 110 Å². The lowest BCUT2D eigenvalue weighted by molar-refractivity contribution is -0.140. The van der Waals surface area contributed by atoms with E-state index in [-0.39, 0.29) is 29.0 Å². The van der Waals surface area contributed by atoms with Gasteiger partial charge in [-0.15, -0.1) is 0 Å². The van der Waals surface area contributed by atoms with Gasteiger partial charge >= 0.3 is 11.9 Å². The maximum absolute atomic E-state index is 12.0. The van der Waals surface area contributed by atoms with Gasteiger partial charge in [0.05, 0.1) is 24.0 Å². The van der Waals surface area contributed by atoms with E-state index in [9.17, 15) is 18.0 Å². The Hall–Kier alpha value is -1.93. The minimum atomic E-state index is -3.87. The van der Waals surface area contributed by atoms with Crippen molar-refractivity contribution in [3.8, 4) is 0 Å². The Labute approximate surface area is 116 Å². The molecule has 0 aliphatic heterocycles. The number of carboxylic acid groups (broad SMARTS) is 1. The van der Waals surface area contributed by atoms with Crippen LogP contribution in [0.3, 0.4) is 0 Å². The van der Waals surface area contributed by atoms with E-state index in [1.807, 2.05) is 0 Å². The average Bonchev–Trinajstić information content (AvgIpc) is 2.37. The molecule has 110 valence electrons. The van der Waals surface area contributed by atoms with Gasteiger partial charge < -0.3 is 9.84 Å². The number of nitrogens with one attached hydrogen (secondary N) is 1. The third-order valence-electron chi connectivity index (χ3n) is 2.65. The summed E-state index contributed by atoms with van der Waals surface area (Å²) in [6.45, 7) is 1.30. The second-order valence-corrected chi connectivity index (χ2v) is 5.69. The van der Waals surface area contributed by atoms with Gasteiger partial charge in [-0.3, -0.25) is 4.79 Å². The molecule has 0 saturated heterocycles. The SMILES string of the molecule is COC(=O)CCNS(=O)(=O)c1cccc(C(=O)O)c1C. The Balaban J connectivity index is 2.96. The largest absolute Gasteiger partial charge is 0.478 e. The van der Waals surface area contributed by atoms with Crippen LogP contribution in [0.5, 0.6) is 0 Å². The molecule has 0 unspecified atom stereocenters. The predicted molar refractivity (Wildman–Crippen MR) is 70.0 cm³/mol. The Morgan fingerprint density at radius 3 is 2.55 bits per heavy atom. The van der Waals surface area contributed by atoms with Crippen molar-refractivity contribution in [2.24, 2.45) is 0 Å². The number of carboxylic acids is 1. The summed E-state index contributed by atoms with van der Waals surface area (Å²) < 4.78 is 30.7. The van der Waals surface area contributed by atoms with E-state index < -0.39 is 22.0 Å². The summed E-state index contributed by atoms with van der Waals surface area (Å²) in [4.78, 5) is 21.8. The zero-order valence-electron chi connectivity index (χ0n) is 11.0. The molecule has 0 aliphatic carbocycles. The van der Waals surface area contributed by atoms with Gasteiger partial charge in [-0.25, -0.2) is 17.9 Å². The molecule has 0 aliphatic rings. The minimum Gasteiger partial charge on any atom is -0.478 e. The van der Waals surface area contributed by atoms with E-state index in [0.29, 0.717) is 0 Å². The molecule has 8 heteroatoms. The van der Waals surface area contributed by atoms with E-state index in [1.165, 1.54) is 32.2 Å². The Kier molecular flexibility index (Phi) is 5.23. The number of hydrogen-bond donors (Lipinski definition) is 2. The van der Waals surface area contributed by atoms with E-state index in [2.05, 4.69) is 9.46 Å². The smallest absolute Gasteiger partial charge is 0.335 e. The molecule has 1 aromatic carbocycles. The number of ether oxygens (including phenoxy) is 1. The highest BCUT2D eigenvalue weighted by atomic mass is 32.2. The average molecular weight is 301 g/mol. The number of carbonyl (C=O) groups excluding carboxylic acids is 1. The van der Waals surface area contributed by atoms with Crippen LogP contribution in [-0.2, 0) is 19.6 Å². The van der Waals surface area contributed by atoms with Gasteiger partial charge in [0.25, 0.3) is 0 Å². The van der Waals surface area contributed by atoms with Crippen molar-refractivity contribution in [1.29, 1.82) is 0 Å². The summed E-state index contributed by atoms with van der Waals surface area (Å²) in [6, 6.07) is 3.98. The molecule has 0 atom stereocenters. The first-order chi connectivity index (χ1) is 9.29. The molecule has 0 amide bonds. The van der Waals surface area contributed by atoms with Gasteiger partial charge in [0, 0.05) is 6.54 Å². The zero-order valence-corrected chi connectivity index (χ0v) is 11.9. The number of sulfonamides is 1. The molecule has 0 heterocycles. The number of carbonyl (C=O) groups is 2. The van der Waals surface area contributed by atoms with Crippen molar-refractivity contribution in [1.82, 2.24) is 4.72 Å². The van der Waals surface area contributed by atoms with Crippen molar-refractivity contribution in [2.75, 3.05) is 13.7 Å². The van der Waals surface area contributed by atoms with Crippen LogP contribution in [0.4, 0.5) is 0 Å². The van der Waals surface area contributed by atoms with Gasteiger partial charge in [-0.1, -0.05) is 6.07 Å². The number of methoxy groups -OCH3 is 1. The van der Waals surface area contributed by atoms with Crippen molar-refractivity contribution in [3.63, 3.8) is 0 Å². The molecule has 20 heavy (non-hydrogen) atoms. The van der Waals surface area contributed by atoms with Gasteiger partial charge in [-0.05, 0) is 24.6 Å². The molecule has 1 rings (SSSR count). The summed E-state index contributed by atoms with van der Waals surface area (Å²) in [5.41, 5.74) is 0.0615. The predicted octanol–water partition coefficient (Wildman–Crippen LogP) is 0.535. The molecule has 0 bridgehead atoms. The quantitative estimate of drug-likeness (QED) is 0.742. The molecular weight excluding hydrogens is 286 g/mol. The van der Waals surface area contributed by atoms with Crippen molar-refractivity contribution in [2.45, 2.75) is 18.2 Å². The van der Waals surface area contributed by atoms with Crippen molar-refractivity contribution < 1.29 is 27.9 Å². The standard InChI is InChI=1S/C12H15NO6S/c1-8-9(12(15)16)4-3-5-10(8)20(17,18)13-7-6-11(14)19-2/h3-5,13H,6-7H2,1-2H3,(H,15,16). The third kappa shape index (κ3) is 3.78. The molecule has 0 spiro atoms. The second kappa shape index (κ2) is 6.49. The number of aromatic carboxylic acids is 1. The molecule has 7 nitrogen and oxygen atoms in total. The van der Waals surface area contributed by atoms with E-state index in [0.717, 1.165) is 0 Å². The second-order valence-electron chi connectivity index (χ2n) is 3.96. The Morgan fingerprint density at radius 1 is 1.35 bits per heavy atom. The van der Waals surface area contributed by atoms with Crippen LogP contribution in [0.1, 0.15) is 22.3 Å². The monoisotopic (exact) mass is 301 g/mol. The molecular formula is C12H15NO6S. The van der Waals surface area contributed by atoms with E-state index >= 15 is 0 Å². The normalized spacial score (nSPS) is 11.1. The highest BCUT2D eigenvalue weighted by Crippen LogP contribution is 2.18. The Bertz CT molecular complexity index is 623. The first kappa shape index (κ1) is 16.1. The van der Waals surface area contributed by atoms with E-state index in [1.54, 1.807) is 0 Å².